The highest BCUT2D eigenvalue weighted by molar-refractivity contribution is 6.22. The average molecular weight is 376 g/mol. The van der Waals surface area contributed by atoms with Crippen LogP contribution in [0.25, 0.3) is 0 Å². The van der Waals surface area contributed by atoms with Gasteiger partial charge in [-0.2, -0.15) is 0 Å². The first-order valence-electron chi connectivity index (χ1n) is 8.38. The van der Waals surface area contributed by atoms with E-state index in [2.05, 4.69) is 11.9 Å². The smallest absolute Gasteiger partial charge is 0.161 e. The van der Waals surface area contributed by atoms with Crippen LogP contribution >= 0.6 is 24.0 Å². The second-order valence-corrected chi connectivity index (χ2v) is 7.76. The molecule has 0 radical (unpaired) electrons. The zero-order valence-corrected chi connectivity index (χ0v) is 15.5. The summed E-state index contributed by atoms with van der Waals surface area (Å²) in [5.41, 5.74) is 1.46. The van der Waals surface area contributed by atoms with Gasteiger partial charge in [-0.3, -0.25) is 0 Å². The van der Waals surface area contributed by atoms with Gasteiger partial charge in [-0.1, -0.05) is 6.07 Å². The molecule has 0 aromatic heterocycles. The van der Waals surface area contributed by atoms with Gasteiger partial charge >= 0.3 is 0 Å². The van der Waals surface area contributed by atoms with Crippen LogP contribution in [0.5, 0.6) is 11.5 Å². The summed E-state index contributed by atoms with van der Waals surface area (Å²) in [6, 6.07) is 4.20. The minimum absolute atomic E-state index is 0. The van der Waals surface area contributed by atoms with E-state index in [1.165, 1.54) is 0 Å². The number of aromatic hydroxyl groups is 1. The van der Waals surface area contributed by atoms with Crippen LogP contribution in [0.3, 0.4) is 0 Å². The van der Waals surface area contributed by atoms with Gasteiger partial charge in [0, 0.05) is 17.0 Å². The van der Waals surface area contributed by atoms with Gasteiger partial charge in [0.2, 0.25) is 0 Å². The number of fused-ring (bicyclic) bond motifs is 1. The number of nitrogens with zero attached hydrogens (tertiary/aromatic N) is 1. The number of likely N-dealkylation sites (N-methyl/N-ethyl adjacent to an activating group) is 1. The van der Waals surface area contributed by atoms with Gasteiger partial charge in [0.05, 0.1) is 12.5 Å². The van der Waals surface area contributed by atoms with Gasteiger partial charge in [-0.15, -0.1) is 24.0 Å². The lowest BCUT2D eigenvalue weighted by Crippen LogP contribution is -2.65. The Hall–Kier alpha value is -0.710. The lowest BCUT2D eigenvalue weighted by molar-refractivity contribution is -0.0177. The van der Waals surface area contributed by atoms with Crippen molar-refractivity contribution in [1.82, 2.24) is 4.90 Å². The lowest BCUT2D eigenvalue weighted by atomic mass is 9.51. The van der Waals surface area contributed by atoms with Crippen LogP contribution in [0.4, 0.5) is 4.39 Å². The van der Waals surface area contributed by atoms with E-state index < -0.39 is 17.0 Å². The van der Waals surface area contributed by atoms with Crippen LogP contribution in [-0.4, -0.2) is 48.3 Å². The summed E-state index contributed by atoms with van der Waals surface area (Å²) in [6.07, 6.45) is 2.00. The maximum Gasteiger partial charge on any atom is 0.161 e. The molecule has 1 saturated heterocycles. The molecule has 6 heteroatoms. The standard InChI is InChI=1S/C18H23ClFNO2.ClH/c1-21-8-7-18-11(4-5-12(20)17(18)19)13(21)9-10-3-6-14(23-2)16(22)15(10)18;/h3,6,11-13,17,22H,4-5,7-9H2,1-2H3;1H/t11-,12?,13+,17?,18-;/m0./s1. The Morgan fingerprint density at radius 1 is 1.38 bits per heavy atom. The SMILES string of the molecule is COc1ccc2c(c1O)[C@]13CCN(C)[C@H](C2)[C@@H]1CCC(F)C3Cl.Cl. The molecule has 2 aliphatic carbocycles. The van der Waals surface area contributed by atoms with E-state index >= 15 is 0 Å². The summed E-state index contributed by atoms with van der Waals surface area (Å²) in [5, 5.41) is 10.2. The first-order chi connectivity index (χ1) is 11.0. The Morgan fingerprint density at radius 2 is 2.12 bits per heavy atom. The highest BCUT2D eigenvalue weighted by atomic mass is 35.5. The second-order valence-electron chi connectivity index (χ2n) is 7.29. The van der Waals surface area contributed by atoms with Crippen molar-refractivity contribution in [2.24, 2.45) is 5.92 Å². The Kier molecular flexibility index (Phi) is 4.69. The van der Waals surface area contributed by atoms with Crippen molar-refractivity contribution in [2.45, 2.75) is 48.7 Å². The van der Waals surface area contributed by atoms with E-state index in [-0.39, 0.29) is 18.2 Å². The third-order valence-corrected chi connectivity index (χ3v) is 7.14. The lowest BCUT2D eigenvalue weighted by Gasteiger charge is -2.60. The molecule has 2 bridgehead atoms. The van der Waals surface area contributed by atoms with Crippen molar-refractivity contribution in [1.29, 1.82) is 0 Å². The zero-order valence-electron chi connectivity index (χ0n) is 14.0. The monoisotopic (exact) mass is 375 g/mol. The molecule has 1 saturated carbocycles. The average Bonchev–Trinajstić information content (AvgIpc) is 2.54. The Balaban J connectivity index is 0.00000169. The fraction of sp³-hybridized carbons (Fsp3) is 0.667. The Bertz CT molecular complexity index is 644. The summed E-state index contributed by atoms with van der Waals surface area (Å²) in [7, 11) is 3.70. The molecule has 0 amide bonds. The number of hydrogen-bond donors (Lipinski definition) is 1. The van der Waals surface area contributed by atoms with Crippen molar-refractivity contribution in [3.8, 4) is 11.5 Å². The minimum Gasteiger partial charge on any atom is -0.504 e. The summed E-state index contributed by atoms with van der Waals surface area (Å²) < 4.78 is 19.9. The van der Waals surface area contributed by atoms with Crippen LogP contribution < -0.4 is 4.74 Å². The zero-order chi connectivity index (χ0) is 16.4. The van der Waals surface area contributed by atoms with Crippen LogP contribution in [-0.2, 0) is 11.8 Å². The molecule has 1 N–H and O–H groups in total. The van der Waals surface area contributed by atoms with E-state index in [1.807, 2.05) is 6.07 Å². The number of alkyl halides is 2. The van der Waals surface area contributed by atoms with Gasteiger partial charge in [0.15, 0.2) is 11.5 Å². The predicted molar refractivity (Wildman–Crippen MR) is 95.6 cm³/mol. The van der Waals surface area contributed by atoms with Crippen molar-refractivity contribution < 1.29 is 14.2 Å². The topological polar surface area (TPSA) is 32.7 Å². The fourth-order valence-electron chi connectivity index (χ4n) is 5.40. The number of ether oxygens (including phenoxy) is 1. The van der Waals surface area contributed by atoms with Crippen molar-refractivity contribution in [3.63, 3.8) is 0 Å². The molecule has 4 rings (SSSR count). The predicted octanol–water partition coefficient (Wildman–Crippen LogP) is 3.68. The Morgan fingerprint density at radius 3 is 2.83 bits per heavy atom. The summed E-state index contributed by atoms with van der Waals surface area (Å²) >= 11 is 6.69. The number of hydrogen-bond acceptors (Lipinski definition) is 3. The van der Waals surface area contributed by atoms with Crippen molar-refractivity contribution in [3.05, 3.63) is 23.3 Å². The van der Waals surface area contributed by atoms with E-state index in [0.29, 0.717) is 24.1 Å². The Labute approximate surface area is 153 Å². The fourth-order valence-corrected chi connectivity index (χ4v) is 5.91. The maximum atomic E-state index is 14.6. The highest BCUT2D eigenvalue weighted by Gasteiger charge is 2.61. The molecular formula is C18H24Cl2FNO2. The van der Waals surface area contributed by atoms with Crippen LogP contribution in [0.1, 0.15) is 30.4 Å². The van der Waals surface area contributed by atoms with Gasteiger partial charge in [-0.25, -0.2) is 4.39 Å². The van der Waals surface area contributed by atoms with Gasteiger partial charge < -0.3 is 14.7 Å². The molecule has 2 unspecified atom stereocenters. The van der Waals surface area contributed by atoms with Crippen molar-refractivity contribution in [2.75, 3.05) is 20.7 Å². The molecule has 1 heterocycles. The molecule has 2 fully saturated rings. The number of phenols is 1. The first kappa shape index (κ1) is 18.1. The van der Waals surface area contributed by atoms with Crippen molar-refractivity contribution >= 4 is 24.0 Å². The van der Waals surface area contributed by atoms with E-state index in [0.717, 1.165) is 36.9 Å². The maximum absolute atomic E-state index is 14.6. The normalized spacial score (nSPS) is 37.8. The van der Waals surface area contributed by atoms with Gasteiger partial charge in [-0.05, 0) is 56.8 Å². The number of likely N-dealkylation sites (tertiary alicyclic amines) is 1. The summed E-state index contributed by atoms with van der Waals surface area (Å²) in [6.45, 7) is 0.882. The largest absolute Gasteiger partial charge is 0.504 e. The first-order valence-corrected chi connectivity index (χ1v) is 8.82. The number of rotatable bonds is 1. The van der Waals surface area contributed by atoms with Crippen LogP contribution in [0.15, 0.2) is 12.1 Å². The molecule has 3 nitrogen and oxygen atoms in total. The molecule has 1 aliphatic heterocycles. The minimum atomic E-state index is -1.02. The molecule has 0 spiro atoms. The summed E-state index contributed by atoms with van der Waals surface area (Å²) in [4.78, 5) is 2.38. The second kappa shape index (κ2) is 6.22. The van der Waals surface area contributed by atoms with Crippen LogP contribution in [0.2, 0.25) is 0 Å². The number of phenolic OH excluding ortho intramolecular Hbond substituents is 1. The van der Waals surface area contributed by atoms with Gasteiger partial charge in [0.1, 0.15) is 6.17 Å². The molecular weight excluding hydrogens is 352 g/mol. The molecule has 24 heavy (non-hydrogen) atoms. The van der Waals surface area contributed by atoms with E-state index in [4.69, 9.17) is 16.3 Å². The summed E-state index contributed by atoms with van der Waals surface area (Å²) in [5.74, 6) is 0.915. The third kappa shape index (κ3) is 2.19. The molecule has 1 aromatic carbocycles. The van der Waals surface area contributed by atoms with E-state index in [1.54, 1.807) is 13.2 Å². The molecule has 3 aliphatic rings. The number of benzene rings is 1. The number of piperidine rings is 1. The molecule has 134 valence electrons. The quantitative estimate of drug-likeness (QED) is 0.760. The number of halogens is 3. The van der Waals surface area contributed by atoms with Gasteiger partial charge in [0.25, 0.3) is 0 Å². The van der Waals surface area contributed by atoms with Crippen LogP contribution in [0, 0.1) is 5.92 Å². The third-order valence-electron chi connectivity index (χ3n) is 6.48. The number of methoxy groups -OCH3 is 1. The molecule has 5 atom stereocenters. The highest BCUT2D eigenvalue weighted by Crippen LogP contribution is 2.60. The van der Waals surface area contributed by atoms with E-state index in [9.17, 15) is 9.50 Å². The molecule has 1 aromatic rings.